The Kier molecular flexibility index (Phi) is 7.99. The average molecular weight is 501 g/mol. The molecule has 4 rings (SSSR count). The summed E-state index contributed by atoms with van der Waals surface area (Å²) in [6.45, 7) is 0.773. The van der Waals surface area contributed by atoms with Crippen molar-refractivity contribution >= 4 is 35.2 Å². The second kappa shape index (κ2) is 11.5. The molecule has 1 aromatic heterocycles. The predicted octanol–water partition coefficient (Wildman–Crippen LogP) is 6.17. The minimum atomic E-state index is -0.427. The zero-order valence-electron chi connectivity index (χ0n) is 18.8. The maximum atomic E-state index is 12.7. The minimum Gasteiger partial charge on any atom is -0.351 e. The number of amides is 1. The van der Waals surface area contributed by atoms with Crippen LogP contribution in [0.1, 0.15) is 16.7 Å². The van der Waals surface area contributed by atoms with Gasteiger partial charge in [0, 0.05) is 39.5 Å². The number of halogens is 2. The number of rotatable bonds is 8. The lowest BCUT2D eigenvalue weighted by atomic mass is 10.1. The average Bonchev–Trinajstić information content (AvgIpc) is 3.28. The lowest BCUT2D eigenvalue weighted by molar-refractivity contribution is -0.117. The molecule has 0 aliphatic carbocycles. The maximum absolute atomic E-state index is 12.7. The summed E-state index contributed by atoms with van der Waals surface area (Å²) < 4.78 is 1.71. The second-order valence-corrected chi connectivity index (χ2v) is 8.67. The molecule has 1 heterocycles. The molecule has 4 aromatic rings. The van der Waals surface area contributed by atoms with Crippen molar-refractivity contribution in [2.24, 2.45) is 0 Å². The van der Waals surface area contributed by atoms with Crippen LogP contribution < -0.4 is 5.32 Å². The van der Waals surface area contributed by atoms with Crippen LogP contribution in [0.2, 0.25) is 10.0 Å². The van der Waals surface area contributed by atoms with Gasteiger partial charge in [0.15, 0.2) is 0 Å². The van der Waals surface area contributed by atoms with Gasteiger partial charge < -0.3 is 5.32 Å². The fraction of sp³-hybridized carbons (Fsp3) is 0.107. The number of hydrogen-bond acceptors (Lipinski definition) is 3. The number of carbonyl (C=O) groups is 1. The molecular weight excluding hydrogens is 479 g/mol. The molecule has 0 radical (unpaired) electrons. The first-order valence-corrected chi connectivity index (χ1v) is 11.8. The van der Waals surface area contributed by atoms with Crippen LogP contribution in [0.4, 0.5) is 0 Å². The standard InChI is InChI=1S/C28H22Cl2N4O/c29-25-12-7-13-26(30)24(25)19-34-18-23(27(33-34)21-10-5-2-6-11-21)16-22(17-31)28(35)32-15-14-20-8-3-1-4-9-20/h1-13,16,18H,14-15,19H2,(H,32,35). The van der Waals surface area contributed by atoms with Crippen LogP contribution in [0.3, 0.4) is 0 Å². The van der Waals surface area contributed by atoms with E-state index in [0.29, 0.717) is 40.8 Å². The normalized spacial score (nSPS) is 11.2. The summed E-state index contributed by atoms with van der Waals surface area (Å²) >= 11 is 12.7. The van der Waals surface area contributed by atoms with E-state index in [9.17, 15) is 10.1 Å². The fourth-order valence-corrected chi connectivity index (χ4v) is 4.17. The van der Waals surface area contributed by atoms with E-state index in [4.69, 9.17) is 28.3 Å². The summed E-state index contributed by atoms with van der Waals surface area (Å²) in [5, 5.41) is 18.3. The molecule has 0 aliphatic heterocycles. The lowest BCUT2D eigenvalue weighted by Crippen LogP contribution is -2.26. The maximum Gasteiger partial charge on any atom is 0.261 e. The summed E-state index contributed by atoms with van der Waals surface area (Å²) in [6, 6.07) is 26.8. The van der Waals surface area contributed by atoms with Crippen molar-refractivity contribution in [3.05, 3.63) is 117 Å². The van der Waals surface area contributed by atoms with Gasteiger partial charge in [0.05, 0.1) is 12.2 Å². The lowest BCUT2D eigenvalue weighted by Gasteiger charge is -2.06. The molecule has 1 N–H and O–H groups in total. The molecular formula is C28H22Cl2N4O. The first-order chi connectivity index (χ1) is 17.0. The Labute approximate surface area is 214 Å². The summed E-state index contributed by atoms with van der Waals surface area (Å²) in [5.74, 6) is -0.427. The highest BCUT2D eigenvalue weighted by atomic mass is 35.5. The van der Waals surface area contributed by atoms with E-state index in [1.165, 1.54) is 0 Å². The van der Waals surface area contributed by atoms with E-state index in [0.717, 1.165) is 16.7 Å². The van der Waals surface area contributed by atoms with Crippen LogP contribution in [0.25, 0.3) is 17.3 Å². The Balaban J connectivity index is 1.61. The van der Waals surface area contributed by atoms with Crippen LogP contribution in [-0.2, 0) is 17.8 Å². The molecule has 0 atom stereocenters. The van der Waals surface area contributed by atoms with Gasteiger partial charge in [-0.1, -0.05) is 89.9 Å². The molecule has 0 spiro atoms. The van der Waals surface area contributed by atoms with Crippen LogP contribution in [0, 0.1) is 11.3 Å². The van der Waals surface area contributed by atoms with Crippen molar-refractivity contribution in [2.75, 3.05) is 6.54 Å². The smallest absolute Gasteiger partial charge is 0.261 e. The van der Waals surface area contributed by atoms with E-state index >= 15 is 0 Å². The van der Waals surface area contributed by atoms with E-state index in [2.05, 4.69) is 5.32 Å². The van der Waals surface area contributed by atoms with Gasteiger partial charge in [-0.25, -0.2) is 0 Å². The van der Waals surface area contributed by atoms with Crippen molar-refractivity contribution in [1.29, 1.82) is 5.26 Å². The zero-order chi connectivity index (χ0) is 24.6. The number of nitriles is 1. The molecule has 5 nitrogen and oxygen atoms in total. The Bertz CT molecular complexity index is 1370. The Morgan fingerprint density at radius 2 is 1.63 bits per heavy atom. The predicted molar refractivity (Wildman–Crippen MR) is 140 cm³/mol. The van der Waals surface area contributed by atoms with Gasteiger partial charge >= 0.3 is 0 Å². The molecule has 0 bridgehead atoms. The first kappa shape index (κ1) is 24.3. The fourth-order valence-electron chi connectivity index (χ4n) is 3.65. The molecule has 0 unspecified atom stereocenters. The monoisotopic (exact) mass is 500 g/mol. The van der Waals surface area contributed by atoms with E-state index in [1.54, 1.807) is 35.2 Å². The van der Waals surface area contributed by atoms with Crippen LogP contribution in [-0.4, -0.2) is 22.2 Å². The van der Waals surface area contributed by atoms with Crippen molar-refractivity contribution in [3.8, 4) is 17.3 Å². The van der Waals surface area contributed by atoms with Crippen molar-refractivity contribution in [2.45, 2.75) is 13.0 Å². The number of nitrogens with one attached hydrogen (secondary N) is 1. The highest BCUT2D eigenvalue weighted by molar-refractivity contribution is 6.36. The number of hydrogen-bond donors (Lipinski definition) is 1. The first-order valence-electron chi connectivity index (χ1n) is 11.0. The molecule has 0 saturated heterocycles. The summed E-state index contributed by atoms with van der Waals surface area (Å²) in [4.78, 5) is 12.7. The van der Waals surface area contributed by atoms with Crippen molar-refractivity contribution in [3.63, 3.8) is 0 Å². The molecule has 0 fully saturated rings. The van der Waals surface area contributed by atoms with E-state index in [1.807, 2.05) is 66.7 Å². The van der Waals surface area contributed by atoms with Gasteiger partial charge in [-0.2, -0.15) is 10.4 Å². The van der Waals surface area contributed by atoms with Gasteiger partial charge in [-0.3, -0.25) is 9.48 Å². The third-order valence-electron chi connectivity index (χ3n) is 5.43. The Morgan fingerprint density at radius 1 is 0.971 bits per heavy atom. The third-order valence-corrected chi connectivity index (χ3v) is 6.13. The Morgan fingerprint density at radius 3 is 2.29 bits per heavy atom. The van der Waals surface area contributed by atoms with Crippen LogP contribution in [0.5, 0.6) is 0 Å². The second-order valence-electron chi connectivity index (χ2n) is 7.86. The molecule has 174 valence electrons. The molecule has 3 aromatic carbocycles. The largest absolute Gasteiger partial charge is 0.351 e. The molecule has 0 saturated carbocycles. The zero-order valence-corrected chi connectivity index (χ0v) is 20.3. The van der Waals surface area contributed by atoms with Gasteiger partial charge in [0.2, 0.25) is 0 Å². The number of aromatic nitrogens is 2. The molecule has 0 aliphatic rings. The van der Waals surface area contributed by atoms with Crippen molar-refractivity contribution < 1.29 is 4.79 Å². The highest BCUT2D eigenvalue weighted by Crippen LogP contribution is 2.28. The number of nitrogens with zero attached hydrogens (tertiary/aromatic N) is 3. The number of carbonyl (C=O) groups excluding carboxylic acids is 1. The minimum absolute atomic E-state index is 0.00516. The number of benzene rings is 3. The molecule has 7 heteroatoms. The summed E-state index contributed by atoms with van der Waals surface area (Å²) in [5.41, 5.74) is 4.02. The molecule has 1 amide bonds. The van der Waals surface area contributed by atoms with E-state index in [-0.39, 0.29) is 5.57 Å². The van der Waals surface area contributed by atoms with Crippen molar-refractivity contribution in [1.82, 2.24) is 15.1 Å². The summed E-state index contributed by atoms with van der Waals surface area (Å²) in [7, 11) is 0. The Hall–Kier alpha value is -3.85. The van der Waals surface area contributed by atoms with Gasteiger partial charge in [0.1, 0.15) is 11.6 Å². The SMILES string of the molecule is N#CC(=Cc1cn(Cc2c(Cl)cccc2Cl)nc1-c1ccccc1)C(=O)NCCc1ccccc1. The quantitative estimate of drug-likeness (QED) is 0.232. The van der Waals surface area contributed by atoms with Gasteiger partial charge in [0.25, 0.3) is 5.91 Å². The third kappa shape index (κ3) is 6.19. The van der Waals surface area contributed by atoms with Gasteiger partial charge in [-0.05, 0) is 30.2 Å². The van der Waals surface area contributed by atoms with Gasteiger partial charge in [-0.15, -0.1) is 0 Å². The van der Waals surface area contributed by atoms with E-state index < -0.39 is 5.91 Å². The van der Waals surface area contributed by atoms with Crippen LogP contribution >= 0.6 is 23.2 Å². The topological polar surface area (TPSA) is 70.7 Å². The van der Waals surface area contributed by atoms with Crippen LogP contribution in [0.15, 0.2) is 90.6 Å². The summed E-state index contributed by atoms with van der Waals surface area (Å²) in [6.07, 6.45) is 4.03. The highest BCUT2D eigenvalue weighted by Gasteiger charge is 2.15. The molecule has 35 heavy (non-hydrogen) atoms.